The van der Waals surface area contributed by atoms with Gasteiger partial charge in [-0.2, -0.15) is 0 Å². The monoisotopic (exact) mass is 280 g/mol. The highest BCUT2D eigenvalue weighted by atomic mass is 32.1. The molecule has 0 unspecified atom stereocenters. The van der Waals surface area contributed by atoms with Gasteiger partial charge in [-0.25, -0.2) is 4.39 Å². The minimum Gasteiger partial charge on any atom is -0.365 e. The smallest absolute Gasteiger partial charge is 0.254 e. The van der Waals surface area contributed by atoms with Crippen molar-refractivity contribution in [2.24, 2.45) is 5.73 Å². The number of nitrogens with zero attached hydrogens (tertiary/aromatic N) is 1. The Labute approximate surface area is 113 Å². The van der Waals surface area contributed by atoms with Gasteiger partial charge in [0.25, 0.3) is 5.91 Å². The third-order valence-electron chi connectivity index (χ3n) is 2.91. The van der Waals surface area contributed by atoms with E-state index in [4.69, 9.17) is 5.73 Å². The standard InChI is InChI=1S/C13H13FN2O2S/c1-8-11(10-3-2-6-19-10)12(17)9(13(15)18)7-16(8)5-4-14/h2-3,6-7H,4-5H2,1H3,(H2,15,18). The number of halogens is 1. The number of thiophene rings is 1. The zero-order chi connectivity index (χ0) is 14.0. The van der Waals surface area contributed by atoms with Crippen molar-refractivity contribution in [3.05, 3.63) is 45.2 Å². The number of primary amides is 1. The van der Waals surface area contributed by atoms with Gasteiger partial charge in [0.2, 0.25) is 5.43 Å². The summed E-state index contributed by atoms with van der Waals surface area (Å²) in [4.78, 5) is 24.4. The summed E-state index contributed by atoms with van der Waals surface area (Å²) in [7, 11) is 0. The molecule has 0 fully saturated rings. The fourth-order valence-corrected chi connectivity index (χ4v) is 2.78. The third kappa shape index (κ3) is 2.44. The number of carbonyl (C=O) groups excluding carboxylic acids is 1. The highest BCUT2D eigenvalue weighted by Crippen LogP contribution is 2.25. The van der Waals surface area contributed by atoms with Gasteiger partial charge in [-0.3, -0.25) is 9.59 Å². The summed E-state index contributed by atoms with van der Waals surface area (Å²) < 4.78 is 14.1. The Hall–Kier alpha value is -1.95. The summed E-state index contributed by atoms with van der Waals surface area (Å²) in [5, 5.41) is 1.84. The van der Waals surface area contributed by atoms with Crippen molar-refractivity contribution in [1.29, 1.82) is 0 Å². The van der Waals surface area contributed by atoms with Crippen molar-refractivity contribution in [1.82, 2.24) is 4.57 Å². The Balaban J connectivity index is 2.77. The molecule has 2 N–H and O–H groups in total. The molecule has 0 aromatic carbocycles. The molecule has 0 aliphatic carbocycles. The molecule has 6 heteroatoms. The summed E-state index contributed by atoms with van der Waals surface area (Å²) in [6.07, 6.45) is 1.33. The molecule has 19 heavy (non-hydrogen) atoms. The van der Waals surface area contributed by atoms with Gasteiger partial charge in [0.1, 0.15) is 12.2 Å². The molecule has 100 valence electrons. The lowest BCUT2D eigenvalue weighted by atomic mass is 10.1. The molecule has 0 saturated carbocycles. The second kappa shape index (κ2) is 5.36. The Morgan fingerprint density at radius 3 is 2.79 bits per heavy atom. The van der Waals surface area contributed by atoms with E-state index in [0.29, 0.717) is 11.3 Å². The molecular formula is C13H13FN2O2S. The first kappa shape index (κ1) is 13.5. The van der Waals surface area contributed by atoms with E-state index < -0.39 is 18.0 Å². The van der Waals surface area contributed by atoms with E-state index >= 15 is 0 Å². The van der Waals surface area contributed by atoms with Crippen molar-refractivity contribution in [3.8, 4) is 10.4 Å². The van der Waals surface area contributed by atoms with Gasteiger partial charge in [-0.05, 0) is 18.4 Å². The predicted molar refractivity (Wildman–Crippen MR) is 73.2 cm³/mol. The van der Waals surface area contributed by atoms with Crippen LogP contribution >= 0.6 is 11.3 Å². The van der Waals surface area contributed by atoms with E-state index in [1.54, 1.807) is 17.6 Å². The third-order valence-corrected chi connectivity index (χ3v) is 3.80. The number of aryl methyl sites for hydroxylation is 1. The molecule has 2 aromatic rings. The average molecular weight is 280 g/mol. The Bertz CT molecular complexity index is 662. The molecule has 2 heterocycles. The molecule has 0 saturated heterocycles. The van der Waals surface area contributed by atoms with Crippen LogP contribution in [0.15, 0.2) is 28.5 Å². The number of rotatable bonds is 4. The van der Waals surface area contributed by atoms with Crippen molar-refractivity contribution >= 4 is 17.2 Å². The molecule has 4 nitrogen and oxygen atoms in total. The number of alkyl halides is 1. The number of hydrogen-bond acceptors (Lipinski definition) is 3. The molecule has 0 aliphatic heterocycles. The topological polar surface area (TPSA) is 65.1 Å². The summed E-state index contributed by atoms with van der Waals surface area (Å²) in [6, 6.07) is 3.61. The lowest BCUT2D eigenvalue weighted by Crippen LogP contribution is -2.26. The number of amides is 1. The zero-order valence-electron chi connectivity index (χ0n) is 10.4. The van der Waals surface area contributed by atoms with Crippen LogP contribution in [0.5, 0.6) is 0 Å². The SMILES string of the molecule is Cc1c(-c2cccs2)c(=O)c(C(N)=O)cn1CCF. The molecule has 2 rings (SSSR count). The van der Waals surface area contributed by atoms with Crippen molar-refractivity contribution in [3.63, 3.8) is 0 Å². The average Bonchev–Trinajstić information content (AvgIpc) is 2.86. The first-order chi connectivity index (χ1) is 9.06. The van der Waals surface area contributed by atoms with E-state index in [0.717, 1.165) is 4.88 Å². The van der Waals surface area contributed by atoms with E-state index in [-0.39, 0.29) is 12.1 Å². The molecule has 0 radical (unpaired) electrons. The molecule has 1 amide bonds. The maximum absolute atomic E-state index is 12.6. The van der Waals surface area contributed by atoms with Crippen LogP contribution in [0.1, 0.15) is 16.1 Å². The van der Waals surface area contributed by atoms with Gasteiger partial charge < -0.3 is 10.3 Å². The van der Waals surface area contributed by atoms with Crippen molar-refractivity contribution in [2.75, 3.05) is 6.67 Å². The zero-order valence-corrected chi connectivity index (χ0v) is 11.2. The quantitative estimate of drug-likeness (QED) is 0.930. The molecular weight excluding hydrogens is 267 g/mol. The first-order valence-corrected chi connectivity index (χ1v) is 6.58. The van der Waals surface area contributed by atoms with Crippen molar-refractivity contribution in [2.45, 2.75) is 13.5 Å². The van der Waals surface area contributed by atoms with E-state index in [1.807, 2.05) is 11.4 Å². The Kier molecular flexibility index (Phi) is 3.80. The summed E-state index contributed by atoms with van der Waals surface area (Å²) >= 11 is 1.39. The first-order valence-electron chi connectivity index (χ1n) is 5.70. The number of aromatic nitrogens is 1. The highest BCUT2D eigenvalue weighted by molar-refractivity contribution is 7.13. The van der Waals surface area contributed by atoms with E-state index in [2.05, 4.69) is 0 Å². The number of pyridine rings is 1. The molecule has 0 bridgehead atoms. The van der Waals surface area contributed by atoms with Crippen LogP contribution in [0.25, 0.3) is 10.4 Å². The van der Waals surface area contributed by atoms with Crippen LogP contribution in [0.2, 0.25) is 0 Å². The van der Waals surface area contributed by atoms with Gasteiger partial charge in [0.15, 0.2) is 0 Å². The highest BCUT2D eigenvalue weighted by Gasteiger charge is 2.17. The Morgan fingerprint density at radius 1 is 1.53 bits per heavy atom. The van der Waals surface area contributed by atoms with Crippen LogP contribution in [0.3, 0.4) is 0 Å². The van der Waals surface area contributed by atoms with Gasteiger partial charge in [0.05, 0.1) is 12.1 Å². The van der Waals surface area contributed by atoms with E-state index in [9.17, 15) is 14.0 Å². The van der Waals surface area contributed by atoms with Crippen LogP contribution in [-0.2, 0) is 6.54 Å². The molecule has 0 aliphatic rings. The largest absolute Gasteiger partial charge is 0.365 e. The fourth-order valence-electron chi connectivity index (χ4n) is 1.96. The summed E-state index contributed by atoms with van der Waals surface area (Å²) in [6.45, 7) is 1.24. The molecule has 0 spiro atoms. The normalized spacial score (nSPS) is 10.6. The lowest BCUT2D eigenvalue weighted by molar-refractivity contribution is 0.0998. The minimum atomic E-state index is -0.796. The maximum atomic E-state index is 12.6. The minimum absolute atomic E-state index is 0.0881. The van der Waals surface area contributed by atoms with Crippen LogP contribution in [-0.4, -0.2) is 17.1 Å². The number of carbonyl (C=O) groups is 1. The van der Waals surface area contributed by atoms with Crippen molar-refractivity contribution < 1.29 is 9.18 Å². The summed E-state index contributed by atoms with van der Waals surface area (Å²) in [5.74, 6) is -0.796. The number of hydrogen-bond donors (Lipinski definition) is 1. The predicted octanol–water partition coefficient (Wildman–Crippen LogP) is 1.95. The van der Waals surface area contributed by atoms with Crippen LogP contribution in [0.4, 0.5) is 4.39 Å². The van der Waals surface area contributed by atoms with Gasteiger partial charge in [0, 0.05) is 16.8 Å². The van der Waals surface area contributed by atoms with Gasteiger partial charge in [-0.15, -0.1) is 11.3 Å². The maximum Gasteiger partial charge on any atom is 0.254 e. The number of nitrogens with two attached hydrogens (primary N) is 1. The van der Waals surface area contributed by atoms with Gasteiger partial charge in [-0.1, -0.05) is 6.07 Å². The van der Waals surface area contributed by atoms with Crippen LogP contribution < -0.4 is 11.2 Å². The summed E-state index contributed by atoms with van der Waals surface area (Å²) in [5.41, 5.74) is 5.75. The fraction of sp³-hybridized carbons (Fsp3) is 0.231. The van der Waals surface area contributed by atoms with E-state index in [1.165, 1.54) is 17.5 Å². The molecule has 0 atom stereocenters. The Morgan fingerprint density at radius 2 is 2.26 bits per heavy atom. The second-order valence-corrected chi connectivity index (χ2v) is 5.00. The molecule has 2 aromatic heterocycles. The van der Waals surface area contributed by atoms with Gasteiger partial charge >= 0.3 is 0 Å². The second-order valence-electron chi connectivity index (χ2n) is 4.06. The van der Waals surface area contributed by atoms with Crippen LogP contribution in [0, 0.1) is 6.92 Å². The lowest BCUT2D eigenvalue weighted by Gasteiger charge is -2.14.